The lowest BCUT2D eigenvalue weighted by atomic mass is 10.0. The molecule has 3 heteroatoms. The molecular formula is C52H34N2O. The lowest BCUT2D eigenvalue weighted by Gasteiger charge is -2.26. The van der Waals surface area contributed by atoms with Crippen molar-refractivity contribution in [3.8, 4) is 27.9 Å². The molecule has 9 aromatic carbocycles. The van der Waals surface area contributed by atoms with E-state index in [9.17, 15) is 0 Å². The first-order chi connectivity index (χ1) is 27.3. The summed E-state index contributed by atoms with van der Waals surface area (Å²) in [5.41, 5.74) is 13.3. The van der Waals surface area contributed by atoms with Gasteiger partial charge in [-0.3, -0.25) is 0 Å². The molecule has 0 bridgehead atoms. The molecule has 0 N–H and O–H groups in total. The second-order valence-electron chi connectivity index (χ2n) is 14.1. The van der Waals surface area contributed by atoms with Gasteiger partial charge in [0, 0.05) is 38.6 Å². The molecule has 0 saturated heterocycles. The van der Waals surface area contributed by atoms with Crippen molar-refractivity contribution in [3.05, 3.63) is 206 Å². The van der Waals surface area contributed by atoms with Gasteiger partial charge in [-0.1, -0.05) is 146 Å². The molecule has 0 aliphatic heterocycles. The molecule has 0 aliphatic rings. The topological polar surface area (TPSA) is 21.3 Å². The second-order valence-corrected chi connectivity index (χ2v) is 14.1. The Bertz CT molecular complexity index is 3180. The Hall–Kier alpha value is -7.36. The molecule has 0 spiro atoms. The summed E-state index contributed by atoms with van der Waals surface area (Å²) in [5.74, 6) is 0. The molecule has 0 fully saturated rings. The number of hydrogen-bond acceptors (Lipinski definition) is 2. The van der Waals surface area contributed by atoms with E-state index in [-0.39, 0.29) is 0 Å². The molecule has 0 aliphatic carbocycles. The van der Waals surface area contributed by atoms with Crippen molar-refractivity contribution in [2.45, 2.75) is 0 Å². The molecule has 11 aromatic rings. The van der Waals surface area contributed by atoms with E-state index in [1.165, 1.54) is 49.3 Å². The summed E-state index contributed by atoms with van der Waals surface area (Å²) in [7, 11) is 0. The maximum Gasteiger partial charge on any atom is 0.137 e. The quantitative estimate of drug-likeness (QED) is 0.172. The lowest BCUT2D eigenvalue weighted by molar-refractivity contribution is 0.669. The van der Waals surface area contributed by atoms with Crippen LogP contribution in [0, 0.1) is 0 Å². The van der Waals surface area contributed by atoms with E-state index in [1.807, 2.05) is 12.1 Å². The number of rotatable bonds is 6. The van der Waals surface area contributed by atoms with Crippen LogP contribution in [-0.4, -0.2) is 4.57 Å². The molecule has 11 rings (SSSR count). The van der Waals surface area contributed by atoms with Crippen molar-refractivity contribution in [2.75, 3.05) is 4.90 Å². The van der Waals surface area contributed by atoms with Crippen LogP contribution in [0.5, 0.6) is 0 Å². The third-order valence-electron chi connectivity index (χ3n) is 11.0. The van der Waals surface area contributed by atoms with Gasteiger partial charge in [-0.25, -0.2) is 0 Å². The molecule has 55 heavy (non-hydrogen) atoms. The van der Waals surface area contributed by atoms with E-state index in [4.69, 9.17) is 4.42 Å². The molecule has 0 amide bonds. The van der Waals surface area contributed by atoms with Gasteiger partial charge < -0.3 is 13.9 Å². The van der Waals surface area contributed by atoms with Crippen molar-refractivity contribution in [3.63, 3.8) is 0 Å². The van der Waals surface area contributed by atoms with Crippen LogP contribution in [0.25, 0.3) is 82.5 Å². The van der Waals surface area contributed by atoms with Crippen molar-refractivity contribution in [1.29, 1.82) is 0 Å². The standard InChI is InChI=1S/C52H34N2O/c1-3-12-35(13-4-1)36-22-28-41(29-23-36)53(47-19-11-21-50-51(47)46-18-9-10-20-49(46)55-50)42-30-24-37(25-31-42)39-27-32-44-45-33-26-38-14-7-8-17-43(38)52(45)54(48(44)34-39)40-15-5-2-6-16-40/h1-34H. The minimum atomic E-state index is 0.871. The van der Waals surface area contributed by atoms with Crippen LogP contribution < -0.4 is 4.90 Å². The average Bonchev–Trinajstić information content (AvgIpc) is 3.81. The van der Waals surface area contributed by atoms with Crippen LogP contribution in [0.15, 0.2) is 211 Å². The fourth-order valence-electron chi connectivity index (χ4n) is 8.41. The Balaban J connectivity index is 1.06. The Morgan fingerprint density at radius 3 is 1.73 bits per heavy atom. The monoisotopic (exact) mass is 702 g/mol. The Labute approximate surface area is 318 Å². The van der Waals surface area contributed by atoms with Gasteiger partial charge in [0.15, 0.2) is 0 Å². The molecule has 0 unspecified atom stereocenters. The maximum absolute atomic E-state index is 6.36. The number of aromatic nitrogens is 1. The Morgan fingerprint density at radius 2 is 0.964 bits per heavy atom. The van der Waals surface area contributed by atoms with Crippen LogP contribution in [0.4, 0.5) is 17.1 Å². The van der Waals surface area contributed by atoms with Crippen molar-refractivity contribution < 1.29 is 4.42 Å². The zero-order chi connectivity index (χ0) is 36.3. The smallest absolute Gasteiger partial charge is 0.137 e. The van der Waals surface area contributed by atoms with Gasteiger partial charge in [0.2, 0.25) is 0 Å². The van der Waals surface area contributed by atoms with Gasteiger partial charge in [0.1, 0.15) is 11.2 Å². The predicted molar refractivity (Wildman–Crippen MR) is 231 cm³/mol. The zero-order valence-corrected chi connectivity index (χ0v) is 29.9. The molecule has 2 aromatic heterocycles. The normalized spacial score (nSPS) is 11.6. The molecule has 0 atom stereocenters. The van der Waals surface area contributed by atoms with E-state index >= 15 is 0 Å². The third-order valence-corrected chi connectivity index (χ3v) is 11.0. The minimum Gasteiger partial charge on any atom is -0.456 e. The highest BCUT2D eigenvalue weighted by atomic mass is 16.3. The third kappa shape index (κ3) is 5.13. The first-order valence-corrected chi connectivity index (χ1v) is 18.8. The van der Waals surface area contributed by atoms with E-state index in [2.05, 4.69) is 204 Å². The summed E-state index contributed by atoms with van der Waals surface area (Å²) in [5, 5.41) is 7.20. The van der Waals surface area contributed by atoms with Crippen molar-refractivity contribution in [2.24, 2.45) is 0 Å². The van der Waals surface area contributed by atoms with Crippen molar-refractivity contribution in [1.82, 2.24) is 4.57 Å². The molecule has 0 saturated carbocycles. The lowest BCUT2D eigenvalue weighted by Crippen LogP contribution is -2.10. The number of hydrogen-bond donors (Lipinski definition) is 0. The number of nitrogens with zero attached hydrogens (tertiary/aromatic N) is 2. The summed E-state index contributed by atoms with van der Waals surface area (Å²) in [6.07, 6.45) is 0. The van der Waals surface area contributed by atoms with Gasteiger partial charge in [-0.2, -0.15) is 0 Å². The van der Waals surface area contributed by atoms with E-state index in [1.54, 1.807) is 0 Å². The van der Waals surface area contributed by atoms with Gasteiger partial charge >= 0.3 is 0 Å². The summed E-state index contributed by atoms with van der Waals surface area (Å²) < 4.78 is 8.79. The minimum absolute atomic E-state index is 0.871. The summed E-state index contributed by atoms with van der Waals surface area (Å²) in [6, 6.07) is 73.9. The highest BCUT2D eigenvalue weighted by molar-refractivity contribution is 6.19. The van der Waals surface area contributed by atoms with Gasteiger partial charge in [-0.05, 0) is 88.3 Å². The SMILES string of the molecule is c1ccc(-c2ccc(N(c3ccc(-c4ccc5c6ccc7ccccc7c6n(-c6ccccc6)c5c4)cc3)c3cccc4oc5ccccc5c34)cc2)cc1. The predicted octanol–water partition coefficient (Wildman–Crippen LogP) is 14.6. The number of para-hydroxylation sites is 2. The highest BCUT2D eigenvalue weighted by Crippen LogP contribution is 2.44. The fraction of sp³-hybridized carbons (Fsp3) is 0. The van der Waals surface area contributed by atoms with Crippen molar-refractivity contribution >= 4 is 71.6 Å². The fourth-order valence-corrected chi connectivity index (χ4v) is 8.41. The average molecular weight is 703 g/mol. The molecule has 0 radical (unpaired) electrons. The van der Waals surface area contributed by atoms with E-state index in [0.717, 1.165) is 50.3 Å². The first kappa shape index (κ1) is 31.2. The van der Waals surface area contributed by atoms with Crippen LogP contribution in [-0.2, 0) is 0 Å². The highest BCUT2D eigenvalue weighted by Gasteiger charge is 2.20. The summed E-state index contributed by atoms with van der Waals surface area (Å²) >= 11 is 0. The number of furan rings is 1. The van der Waals surface area contributed by atoms with Crippen LogP contribution in [0.2, 0.25) is 0 Å². The maximum atomic E-state index is 6.36. The Kier molecular flexibility index (Phi) is 7.17. The van der Waals surface area contributed by atoms with E-state index in [0.29, 0.717) is 0 Å². The Morgan fingerprint density at radius 1 is 0.382 bits per heavy atom. The van der Waals surface area contributed by atoms with Gasteiger partial charge in [-0.15, -0.1) is 0 Å². The van der Waals surface area contributed by atoms with Gasteiger partial charge in [0.05, 0.1) is 22.1 Å². The van der Waals surface area contributed by atoms with E-state index < -0.39 is 0 Å². The molecule has 3 nitrogen and oxygen atoms in total. The van der Waals surface area contributed by atoms with Crippen LogP contribution in [0.1, 0.15) is 0 Å². The molecular weight excluding hydrogens is 669 g/mol. The number of anilines is 3. The second kappa shape index (κ2) is 12.6. The summed E-state index contributed by atoms with van der Waals surface area (Å²) in [6.45, 7) is 0. The zero-order valence-electron chi connectivity index (χ0n) is 29.9. The van der Waals surface area contributed by atoms with Gasteiger partial charge in [0.25, 0.3) is 0 Å². The summed E-state index contributed by atoms with van der Waals surface area (Å²) in [4.78, 5) is 2.35. The van der Waals surface area contributed by atoms with Crippen LogP contribution >= 0.6 is 0 Å². The largest absolute Gasteiger partial charge is 0.456 e. The molecule has 2 heterocycles. The molecule has 258 valence electrons. The number of benzene rings is 9. The first-order valence-electron chi connectivity index (χ1n) is 18.8. The van der Waals surface area contributed by atoms with Crippen LogP contribution in [0.3, 0.4) is 0 Å². The number of fused-ring (bicyclic) bond motifs is 8.